The number of anilines is 2. The van der Waals surface area contributed by atoms with Gasteiger partial charge in [0.1, 0.15) is 5.92 Å². The molecular formula is C27H30N4O3S. The Morgan fingerprint density at radius 3 is 2.37 bits per heavy atom. The first-order chi connectivity index (χ1) is 16.9. The molecule has 2 N–H and O–H groups in total. The van der Waals surface area contributed by atoms with E-state index in [1.54, 1.807) is 31.2 Å². The van der Waals surface area contributed by atoms with Crippen LogP contribution in [-0.4, -0.2) is 45.9 Å². The minimum Gasteiger partial charge on any atom is -0.325 e. The number of carbonyl (C=O) groups is 1. The fourth-order valence-electron chi connectivity index (χ4n) is 4.20. The van der Waals surface area contributed by atoms with Crippen molar-refractivity contribution in [3.63, 3.8) is 0 Å². The van der Waals surface area contributed by atoms with Crippen molar-refractivity contribution >= 4 is 38.7 Å². The number of para-hydroxylation sites is 1. The molecule has 0 saturated carbocycles. The molecule has 35 heavy (non-hydrogen) atoms. The number of rotatable bonds is 10. The minimum absolute atomic E-state index is 0.0286. The maximum Gasteiger partial charge on any atom is 0.238 e. The zero-order valence-corrected chi connectivity index (χ0v) is 20.8. The summed E-state index contributed by atoms with van der Waals surface area (Å²) < 4.78 is 26.9. The Kier molecular flexibility index (Phi) is 7.63. The van der Waals surface area contributed by atoms with Gasteiger partial charge >= 0.3 is 0 Å². The van der Waals surface area contributed by atoms with Gasteiger partial charge in [-0.2, -0.15) is 0 Å². The second kappa shape index (κ2) is 10.8. The molecule has 3 aromatic rings. The van der Waals surface area contributed by atoms with Gasteiger partial charge in [-0.25, -0.2) is 8.42 Å². The van der Waals surface area contributed by atoms with E-state index in [1.807, 2.05) is 61.6 Å². The molecule has 1 aliphatic heterocycles. The topological polar surface area (TPSA) is 90.9 Å². The molecule has 0 saturated heterocycles. The van der Waals surface area contributed by atoms with E-state index >= 15 is 0 Å². The lowest BCUT2D eigenvalue weighted by Gasteiger charge is -2.24. The van der Waals surface area contributed by atoms with Crippen molar-refractivity contribution in [2.45, 2.75) is 19.3 Å². The molecule has 1 aliphatic rings. The molecule has 1 amide bonds. The highest BCUT2D eigenvalue weighted by atomic mass is 32.2. The van der Waals surface area contributed by atoms with Crippen LogP contribution in [-0.2, 0) is 14.8 Å². The largest absolute Gasteiger partial charge is 0.325 e. The van der Waals surface area contributed by atoms with Crippen LogP contribution in [0.3, 0.4) is 0 Å². The summed E-state index contributed by atoms with van der Waals surface area (Å²) in [5.41, 5.74) is 4.44. The van der Waals surface area contributed by atoms with Crippen LogP contribution in [0.25, 0.3) is 0 Å². The number of nitrogens with one attached hydrogen (secondary N) is 2. The average Bonchev–Trinajstić information content (AvgIpc) is 3.21. The van der Waals surface area contributed by atoms with Gasteiger partial charge < -0.3 is 10.6 Å². The molecule has 0 aliphatic carbocycles. The van der Waals surface area contributed by atoms with Gasteiger partial charge in [0.15, 0.2) is 0 Å². The zero-order chi connectivity index (χ0) is 24.8. The zero-order valence-electron chi connectivity index (χ0n) is 19.9. The lowest BCUT2D eigenvalue weighted by Crippen LogP contribution is -2.34. The van der Waals surface area contributed by atoms with Crippen molar-refractivity contribution < 1.29 is 13.2 Å². The Morgan fingerprint density at radius 2 is 1.69 bits per heavy atom. The number of benzene rings is 3. The predicted molar refractivity (Wildman–Crippen MR) is 142 cm³/mol. The molecule has 7 nitrogen and oxygen atoms in total. The summed E-state index contributed by atoms with van der Waals surface area (Å²) in [4.78, 5) is 17.9. The Bertz CT molecular complexity index is 1310. The van der Waals surface area contributed by atoms with Crippen molar-refractivity contribution in [2.24, 2.45) is 4.99 Å². The van der Waals surface area contributed by atoms with Crippen LogP contribution in [0.15, 0.2) is 83.9 Å². The number of fused-ring (bicyclic) bond motifs is 1. The first kappa shape index (κ1) is 24.6. The van der Waals surface area contributed by atoms with Crippen molar-refractivity contribution in [1.29, 1.82) is 0 Å². The van der Waals surface area contributed by atoms with Gasteiger partial charge in [-0.3, -0.25) is 14.1 Å². The second-order valence-corrected chi connectivity index (χ2v) is 10.5. The molecule has 0 radical (unpaired) electrons. The summed E-state index contributed by atoms with van der Waals surface area (Å²) in [5.74, 6) is -0.622. The predicted octanol–water partition coefficient (Wildman–Crippen LogP) is 4.31. The molecule has 1 unspecified atom stereocenters. The van der Waals surface area contributed by atoms with Gasteiger partial charge in [0, 0.05) is 12.2 Å². The van der Waals surface area contributed by atoms with Crippen molar-refractivity contribution in [2.75, 3.05) is 35.5 Å². The summed E-state index contributed by atoms with van der Waals surface area (Å²) in [6.45, 7) is 2.77. The number of sulfonamides is 1. The Labute approximate surface area is 207 Å². The van der Waals surface area contributed by atoms with E-state index in [4.69, 9.17) is 4.99 Å². The molecule has 0 spiro atoms. The Balaban J connectivity index is 1.72. The van der Waals surface area contributed by atoms with Crippen LogP contribution in [0, 0.1) is 0 Å². The second-order valence-electron chi connectivity index (χ2n) is 8.32. The first-order valence-electron chi connectivity index (χ1n) is 11.7. The summed E-state index contributed by atoms with van der Waals surface area (Å²) in [6.07, 6.45) is 0.698. The fraction of sp³-hybridized carbons (Fsp3) is 0.259. The van der Waals surface area contributed by atoms with E-state index in [0.29, 0.717) is 30.1 Å². The lowest BCUT2D eigenvalue weighted by atomic mass is 9.90. The fourth-order valence-corrected chi connectivity index (χ4v) is 5.36. The molecule has 1 heterocycles. The highest BCUT2D eigenvalue weighted by Crippen LogP contribution is 2.36. The summed E-state index contributed by atoms with van der Waals surface area (Å²) >= 11 is 0. The molecule has 0 fully saturated rings. The van der Waals surface area contributed by atoms with Crippen LogP contribution in [0.2, 0.25) is 0 Å². The highest BCUT2D eigenvalue weighted by molar-refractivity contribution is 7.92. The van der Waals surface area contributed by atoms with E-state index < -0.39 is 15.9 Å². The standard InChI is InChI=1S/C27H30N4O3S/c1-3-35(33,34)31(19-9-18-28-2)22-16-14-21(15-17-22)29-26(20-10-5-4-6-11-20)25-23-12-7-8-13-24(23)30-27(25)32/h4-8,10-17,25,28H,3,9,18-19H2,1-2H3,(H,30,32). The van der Waals surface area contributed by atoms with Crippen LogP contribution < -0.4 is 14.9 Å². The number of amides is 1. The summed E-state index contributed by atoms with van der Waals surface area (Å²) in [6, 6.07) is 24.4. The maximum atomic E-state index is 13.0. The molecule has 0 bridgehead atoms. The molecule has 3 aromatic carbocycles. The number of aliphatic imine (C=N–C) groups is 1. The smallest absolute Gasteiger partial charge is 0.238 e. The lowest BCUT2D eigenvalue weighted by molar-refractivity contribution is -0.115. The number of hydrogen-bond donors (Lipinski definition) is 2. The number of carbonyl (C=O) groups excluding carboxylic acids is 1. The normalized spacial score (nSPS) is 15.5. The van der Waals surface area contributed by atoms with Crippen molar-refractivity contribution in [1.82, 2.24) is 5.32 Å². The van der Waals surface area contributed by atoms with Gasteiger partial charge in [-0.05, 0) is 68.4 Å². The van der Waals surface area contributed by atoms with Gasteiger partial charge in [-0.15, -0.1) is 0 Å². The molecule has 182 valence electrons. The van der Waals surface area contributed by atoms with E-state index in [-0.39, 0.29) is 11.7 Å². The third kappa shape index (κ3) is 5.44. The third-order valence-corrected chi connectivity index (χ3v) is 7.81. The van der Waals surface area contributed by atoms with Crippen molar-refractivity contribution in [3.05, 3.63) is 90.0 Å². The van der Waals surface area contributed by atoms with E-state index in [1.165, 1.54) is 4.31 Å². The maximum absolute atomic E-state index is 13.0. The van der Waals surface area contributed by atoms with Crippen LogP contribution in [0.4, 0.5) is 17.1 Å². The highest BCUT2D eigenvalue weighted by Gasteiger charge is 2.35. The summed E-state index contributed by atoms with van der Waals surface area (Å²) in [5, 5.41) is 6.01. The van der Waals surface area contributed by atoms with Crippen molar-refractivity contribution in [3.8, 4) is 0 Å². The van der Waals surface area contributed by atoms with Crippen LogP contribution in [0.1, 0.15) is 30.4 Å². The monoisotopic (exact) mass is 490 g/mol. The minimum atomic E-state index is -3.41. The Hall–Kier alpha value is -3.49. The van der Waals surface area contributed by atoms with Gasteiger partial charge in [0.25, 0.3) is 0 Å². The molecule has 1 atom stereocenters. The van der Waals surface area contributed by atoms with Gasteiger partial charge in [-0.1, -0.05) is 48.5 Å². The Morgan fingerprint density at radius 1 is 1.00 bits per heavy atom. The quantitative estimate of drug-likeness (QED) is 0.327. The number of nitrogens with zero attached hydrogens (tertiary/aromatic N) is 2. The molecule has 0 aromatic heterocycles. The molecular weight excluding hydrogens is 460 g/mol. The van der Waals surface area contributed by atoms with E-state index in [2.05, 4.69) is 10.6 Å². The van der Waals surface area contributed by atoms with Gasteiger partial charge in [0.2, 0.25) is 15.9 Å². The summed E-state index contributed by atoms with van der Waals surface area (Å²) in [7, 11) is -1.56. The van der Waals surface area contributed by atoms with E-state index in [9.17, 15) is 13.2 Å². The molecule has 8 heteroatoms. The molecule has 4 rings (SSSR count). The van der Waals surface area contributed by atoms with Gasteiger partial charge in [0.05, 0.1) is 22.8 Å². The third-order valence-electron chi connectivity index (χ3n) is 6.01. The SMILES string of the molecule is CCS(=O)(=O)N(CCCNC)c1ccc(N=C(c2ccccc2)C2C(=O)Nc3ccccc32)cc1. The average molecular weight is 491 g/mol. The number of hydrogen-bond acceptors (Lipinski definition) is 5. The first-order valence-corrected chi connectivity index (χ1v) is 13.3. The van der Waals surface area contributed by atoms with Crippen LogP contribution >= 0.6 is 0 Å². The van der Waals surface area contributed by atoms with Crippen LogP contribution in [0.5, 0.6) is 0 Å². The van der Waals surface area contributed by atoms with E-state index in [0.717, 1.165) is 23.4 Å².